The molecule has 0 spiro atoms. The number of likely N-dealkylation sites (tertiary alicyclic amines) is 1. The molecule has 1 aromatic carbocycles. The maximum atomic E-state index is 13.6. The molecule has 0 aliphatic carbocycles. The van der Waals surface area contributed by atoms with Crippen molar-refractivity contribution in [2.45, 2.75) is 18.9 Å². The van der Waals surface area contributed by atoms with Crippen molar-refractivity contribution < 1.29 is 23.4 Å². The van der Waals surface area contributed by atoms with Gasteiger partial charge in [0.15, 0.2) is 11.6 Å². The van der Waals surface area contributed by atoms with Crippen LogP contribution in [0.4, 0.5) is 19.3 Å². The predicted molar refractivity (Wildman–Crippen MR) is 86.5 cm³/mol. The number of aliphatic hydroxyl groups is 1. The number of amides is 2. The third-order valence-electron chi connectivity index (χ3n) is 3.94. The van der Waals surface area contributed by atoms with Crippen LogP contribution >= 0.6 is 0 Å². The van der Waals surface area contributed by atoms with E-state index in [0.29, 0.717) is 18.3 Å². The molecule has 2 aromatic rings. The van der Waals surface area contributed by atoms with Crippen LogP contribution in [0, 0.1) is 11.6 Å². The van der Waals surface area contributed by atoms with E-state index in [9.17, 15) is 18.7 Å². The molecule has 2 amide bonds. The molecule has 25 heavy (non-hydrogen) atoms. The number of halogens is 2. The van der Waals surface area contributed by atoms with Crippen LogP contribution in [-0.4, -0.2) is 40.2 Å². The Balaban J connectivity index is 1.70. The lowest BCUT2D eigenvalue weighted by atomic mass is 10.2. The van der Waals surface area contributed by atoms with Crippen molar-refractivity contribution in [3.63, 3.8) is 0 Å². The van der Waals surface area contributed by atoms with Gasteiger partial charge in [-0.2, -0.15) is 0 Å². The summed E-state index contributed by atoms with van der Waals surface area (Å²) in [5.74, 6) is -1.66. The van der Waals surface area contributed by atoms with Gasteiger partial charge in [0.25, 0.3) is 0 Å². The van der Waals surface area contributed by atoms with Crippen LogP contribution < -0.4 is 10.1 Å². The first kappa shape index (κ1) is 17.1. The number of nitrogens with one attached hydrogen (secondary N) is 1. The van der Waals surface area contributed by atoms with Crippen LogP contribution in [0.15, 0.2) is 36.5 Å². The Hall–Kier alpha value is -2.74. The van der Waals surface area contributed by atoms with Gasteiger partial charge in [-0.1, -0.05) is 0 Å². The number of anilines is 1. The van der Waals surface area contributed by atoms with E-state index in [1.807, 2.05) is 0 Å². The Bertz CT molecular complexity index is 773. The second-order valence-electron chi connectivity index (χ2n) is 5.66. The zero-order chi connectivity index (χ0) is 17.8. The van der Waals surface area contributed by atoms with Gasteiger partial charge in [0.05, 0.1) is 12.6 Å². The average molecular weight is 349 g/mol. The van der Waals surface area contributed by atoms with Crippen molar-refractivity contribution >= 4 is 11.7 Å². The Morgan fingerprint density at radius 3 is 2.96 bits per heavy atom. The standard InChI is InChI=1S/C17H17F2N3O3/c18-11-3-4-15(14(19)8-11)25-16-9-12(5-6-20-16)21-17(24)22-7-1-2-13(22)10-23/h3-6,8-9,13,23H,1-2,7,10H2,(H,20,21,24)/t13-/m0/s1. The number of rotatable bonds is 4. The Kier molecular flexibility index (Phi) is 5.08. The number of benzene rings is 1. The maximum Gasteiger partial charge on any atom is 0.322 e. The van der Waals surface area contributed by atoms with E-state index in [1.165, 1.54) is 12.3 Å². The van der Waals surface area contributed by atoms with Gasteiger partial charge in [-0.15, -0.1) is 0 Å². The molecule has 0 saturated carbocycles. The first-order valence-electron chi connectivity index (χ1n) is 7.84. The molecule has 1 atom stereocenters. The van der Waals surface area contributed by atoms with E-state index in [2.05, 4.69) is 10.3 Å². The zero-order valence-corrected chi connectivity index (χ0v) is 13.3. The van der Waals surface area contributed by atoms with E-state index >= 15 is 0 Å². The van der Waals surface area contributed by atoms with Gasteiger partial charge in [-0.25, -0.2) is 18.6 Å². The highest BCUT2D eigenvalue weighted by Gasteiger charge is 2.28. The molecule has 132 valence electrons. The summed E-state index contributed by atoms with van der Waals surface area (Å²) in [7, 11) is 0. The van der Waals surface area contributed by atoms with Gasteiger partial charge in [0.1, 0.15) is 5.82 Å². The highest BCUT2D eigenvalue weighted by atomic mass is 19.1. The minimum absolute atomic E-state index is 0.0587. The summed E-state index contributed by atoms with van der Waals surface area (Å²) in [4.78, 5) is 17.8. The van der Waals surface area contributed by atoms with Gasteiger partial charge < -0.3 is 20.1 Å². The van der Waals surface area contributed by atoms with Crippen molar-refractivity contribution in [1.82, 2.24) is 9.88 Å². The van der Waals surface area contributed by atoms with Crippen LogP contribution in [0.1, 0.15) is 12.8 Å². The summed E-state index contributed by atoms with van der Waals surface area (Å²) in [6.07, 6.45) is 3.01. The lowest BCUT2D eigenvalue weighted by Crippen LogP contribution is -2.40. The van der Waals surface area contributed by atoms with Crippen LogP contribution in [0.3, 0.4) is 0 Å². The minimum Gasteiger partial charge on any atom is -0.436 e. The molecule has 8 heteroatoms. The number of carbonyl (C=O) groups is 1. The molecule has 2 heterocycles. The van der Waals surface area contributed by atoms with E-state index in [-0.39, 0.29) is 30.3 Å². The highest BCUT2D eigenvalue weighted by molar-refractivity contribution is 5.89. The molecular formula is C17H17F2N3O3. The third-order valence-corrected chi connectivity index (χ3v) is 3.94. The Morgan fingerprint density at radius 2 is 2.20 bits per heavy atom. The molecule has 1 aliphatic rings. The number of aromatic nitrogens is 1. The van der Waals surface area contributed by atoms with E-state index in [1.54, 1.807) is 11.0 Å². The first-order chi connectivity index (χ1) is 12.1. The predicted octanol–water partition coefficient (Wildman–Crippen LogP) is 3.14. The summed E-state index contributed by atoms with van der Waals surface area (Å²) in [5, 5.41) is 12.0. The second kappa shape index (κ2) is 7.43. The zero-order valence-electron chi connectivity index (χ0n) is 13.3. The number of carbonyl (C=O) groups excluding carboxylic acids is 1. The molecule has 0 unspecified atom stereocenters. The molecule has 3 rings (SSSR count). The molecule has 1 saturated heterocycles. The van der Waals surface area contributed by atoms with Crippen LogP contribution in [0.25, 0.3) is 0 Å². The van der Waals surface area contributed by atoms with Crippen LogP contribution in [0.5, 0.6) is 11.6 Å². The number of aliphatic hydroxyl groups excluding tert-OH is 1. The third kappa shape index (κ3) is 4.03. The lowest BCUT2D eigenvalue weighted by Gasteiger charge is -2.23. The molecule has 1 fully saturated rings. The fourth-order valence-electron chi connectivity index (χ4n) is 2.70. The molecule has 0 radical (unpaired) electrons. The summed E-state index contributed by atoms with van der Waals surface area (Å²) < 4.78 is 31.9. The van der Waals surface area contributed by atoms with Gasteiger partial charge in [0, 0.05) is 30.6 Å². The summed E-state index contributed by atoms with van der Waals surface area (Å²) in [6.45, 7) is 0.494. The molecule has 0 bridgehead atoms. The molecular weight excluding hydrogens is 332 g/mol. The number of ether oxygens (including phenoxy) is 1. The topological polar surface area (TPSA) is 74.7 Å². The first-order valence-corrected chi connectivity index (χ1v) is 7.84. The van der Waals surface area contributed by atoms with Crippen molar-refractivity contribution in [3.8, 4) is 11.6 Å². The summed E-state index contributed by atoms with van der Waals surface area (Å²) >= 11 is 0. The van der Waals surface area contributed by atoms with Crippen molar-refractivity contribution in [1.29, 1.82) is 0 Å². The highest BCUT2D eigenvalue weighted by Crippen LogP contribution is 2.25. The monoisotopic (exact) mass is 349 g/mol. The molecule has 1 aromatic heterocycles. The van der Waals surface area contributed by atoms with E-state index in [4.69, 9.17) is 4.74 Å². The maximum absolute atomic E-state index is 13.6. The number of pyridine rings is 1. The van der Waals surface area contributed by atoms with Crippen molar-refractivity contribution in [2.75, 3.05) is 18.5 Å². The number of hydrogen-bond acceptors (Lipinski definition) is 4. The lowest BCUT2D eigenvalue weighted by molar-refractivity contribution is 0.166. The molecule has 1 aliphatic heterocycles. The number of hydrogen-bond donors (Lipinski definition) is 2. The fraction of sp³-hybridized carbons (Fsp3) is 0.294. The Labute approximate surface area is 143 Å². The quantitative estimate of drug-likeness (QED) is 0.889. The van der Waals surface area contributed by atoms with Crippen molar-refractivity contribution in [3.05, 3.63) is 48.2 Å². The van der Waals surface area contributed by atoms with E-state index in [0.717, 1.165) is 25.0 Å². The minimum atomic E-state index is -0.848. The normalized spacial score (nSPS) is 16.8. The second-order valence-corrected chi connectivity index (χ2v) is 5.66. The SMILES string of the molecule is O=C(Nc1ccnc(Oc2ccc(F)cc2F)c1)N1CCC[C@H]1CO. The largest absolute Gasteiger partial charge is 0.436 e. The van der Waals surface area contributed by atoms with Gasteiger partial charge in [0.2, 0.25) is 5.88 Å². The summed E-state index contributed by atoms with van der Waals surface area (Å²) in [5.41, 5.74) is 0.418. The van der Waals surface area contributed by atoms with Gasteiger partial charge >= 0.3 is 6.03 Å². The Morgan fingerprint density at radius 1 is 1.36 bits per heavy atom. The fourth-order valence-corrected chi connectivity index (χ4v) is 2.70. The van der Waals surface area contributed by atoms with Crippen LogP contribution in [-0.2, 0) is 0 Å². The summed E-state index contributed by atoms with van der Waals surface area (Å²) in [6, 6.07) is 5.43. The van der Waals surface area contributed by atoms with Gasteiger partial charge in [-0.05, 0) is 31.0 Å². The number of nitrogens with zero attached hydrogens (tertiary/aromatic N) is 2. The number of urea groups is 1. The van der Waals surface area contributed by atoms with Crippen molar-refractivity contribution in [2.24, 2.45) is 0 Å². The molecule has 6 nitrogen and oxygen atoms in total. The van der Waals surface area contributed by atoms with E-state index < -0.39 is 11.6 Å². The smallest absolute Gasteiger partial charge is 0.322 e. The average Bonchev–Trinajstić information content (AvgIpc) is 3.07. The van der Waals surface area contributed by atoms with Gasteiger partial charge in [-0.3, -0.25) is 0 Å². The van der Waals surface area contributed by atoms with Crippen LogP contribution in [0.2, 0.25) is 0 Å². The molecule has 2 N–H and O–H groups in total.